The van der Waals surface area contributed by atoms with Gasteiger partial charge in [0.1, 0.15) is 5.69 Å². The fourth-order valence-electron chi connectivity index (χ4n) is 4.24. The Morgan fingerprint density at radius 3 is 2.48 bits per heavy atom. The van der Waals surface area contributed by atoms with Crippen molar-refractivity contribution in [3.8, 4) is 0 Å². The molecule has 0 amide bonds. The molecule has 1 saturated heterocycles. The van der Waals surface area contributed by atoms with E-state index < -0.39 is 6.10 Å². The minimum absolute atomic E-state index is 0.144. The molecule has 1 aromatic heterocycles. The second-order valence-corrected chi connectivity index (χ2v) is 7.85. The zero-order valence-electron chi connectivity index (χ0n) is 17.0. The van der Waals surface area contributed by atoms with Crippen LogP contribution in [-0.2, 0) is 6.54 Å². The van der Waals surface area contributed by atoms with Gasteiger partial charge in [-0.3, -0.25) is 9.69 Å². The Hall–Kier alpha value is -2.05. The molecule has 0 aliphatic carbocycles. The molecular formula is C21H30N4O2. The highest BCUT2D eigenvalue weighted by molar-refractivity contribution is 5.97. The third kappa shape index (κ3) is 4.12. The lowest BCUT2D eigenvalue weighted by atomic mass is 9.91. The number of ketones is 1. The van der Waals surface area contributed by atoms with Gasteiger partial charge in [0.2, 0.25) is 0 Å². The normalized spacial score (nSPS) is 17.3. The predicted molar refractivity (Wildman–Crippen MR) is 105 cm³/mol. The first-order valence-corrected chi connectivity index (χ1v) is 9.70. The molecule has 1 fully saturated rings. The molecule has 0 bridgehead atoms. The van der Waals surface area contributed by atoms with Crippen LogP contribution in [0.1, 0.15) is 77.1 Å². The molecule has 0 radical (unpaired) electrons. The predicted octanol–water partition coefficient (Wildman–Crippen LogP) is 3.30. The molecule has 1 N–H and O–H groups in total. The van der Waals surface area contributed by atoms with E-state index in [-0.39, 0.29) is 5.78 Å². The van der Waals surface area contributed by atoms with Crippen LogP contribution in [0.3, 0.4) is 0 Å². The standard InChI is InChI=1S/C21H30N4O2/c1-13-10-14(2)21(17(5)27)15(3)19(13)11-24-8-6-18(7-9-24)25-12-20(16(4)26)22-23-25/h10,12,16,18,26H,6-9,11H2,1-5H3. The van der Waals surface area contributed by atoms with E-state index in [2.05, 4.69) is 35.1 Å². The number of aliphatic hydroxyl groups is 1. The molecule has 27 heavy (non-hydrogen) atoms. The largest absolute Gasteiger partial charge is 0.387 e. The number of aliphatic hydroxyl groups excluding tert-OH is 1. The Morgan fingerprint density at radius 2 is 1.93 bits per heavy atom. The number of hydrogen-bond acceptors (Lipinski definition) is 5. The van der Waals surface area contributed by atoms with E-state index in [1.165, 1.54) is 11.1 Å². The summed E-state index contributed by atoms with van der Waals surface area (Å²) < 4.78 is 1.90. The maximum atomic E-state index is 12.0. The molecule has 1 atom stereocenters. The topological polar surface area (TPSA) is 71.2 Å². The zero-order valence-corrected chi connectivity index (χ0v) is 17.0. The van der Waals surface area contributed by atoms with Crippen LogP contribution in [0.25, 0.3) is 0 Å². The first-order chi connectivity index (χ1) is 12.8. The summed E-state index contributed by atoms with van der Waals surface area (Å²) in [4.78, 5) is 14.5. The van der Waals surface area contributed by atoms with E-state index in [1.54, 1.807) is 13.8 Å². The Bertz CT molecular complexity index is 833. The van der Waals surface area contributed by atoms with Crippen LogP contribution in [0.4, 0.5) is 0 Å². The van der Waals surface area contributed by atoms with Crippen LogP contribution in [0.15, 0.2) is 12.3 Å². The summed E-state index contributed by atoms with van der Waals surface area (Å²) in [6.07, 6.45) is 3.29. The molecule has 6 heteroatoms. The van der Waals surface area contributed by atoms with Gasteiger partial charge in [-0.2, -0.15) is 0 Å². The van der Waals surface area contributed by atoms with Crippen molar-refractivity contribution in [2.24, 2.45) is 0 Å². The highest BCUT2D eigenvalue weighted by Crippen LogP contribution is 2.28. The van der Waals surface area contributed by atoms with Crippen molar-refractivity contribution in [2.45, 2.75) is 66.2 Å². The van der Waals surface area contributed by atoms with Gasteiger partial charge in [-0.25, -0.2) is 4.68 Å². The average Bonchev–Trinajstić information content (AvgIpc) is 3.09. The van der Waals surface area contributed by atoms with Gasteiger partial charge in [0.25, 0.3) is 0 Å². The van der Waals surface area contributed by atoms with Gasteiger partial charge in [-0.15, -0.1) is 5.10 Å². The summed E-state index contributed by atoms with van der Waals surface area (Å²) in [6, 6.07) is 2.47. The van der Waals surface area contributed by atoms with Crippen LogP contribution >= 0.6 is 0 Å². The van der Waals surface area contributed by atoms with E-state index in [9.17, 15) is 9.90 Å². The molecule has 2 heterocycles. The number of aromatic nitrogens is 3. The summed E-state index contributed by atoms with van der Waals surface area (Å²) in [5, 5.41) is 17.9. The van der Waals surface area contributed by atoms with Gasteiger partial charge in [0.15, 0.2) is 5.78 Å². The molecule has 1 aliphatic rings. The van der Waals surface area contributed by atoms with Crippen molar-refractivity contribution in [1.82, 2.24) is 19.9 Å². The number of aryl methyl sites for hydroxylation is 2. The number of hydrogen-bond donors (Lipinski definition) is 1. The van der Waals surface area contributed by atoms with E-state index in [1.807, 2.05) is 17.8 Å². The third-order valence-corrected chi connectivity index (χ3v) is 5.75. The molecule has 1 aromatic carbocycles. The fourth-order valence-corrected chi connectivity index (χ4v) is 4.24. The summed E-state index contributed by atoms with van der Waals surface area (Å²) in [7, 11) is 0. The SMILES string of the molecule is CC(=O)c1c(C)cc(C)c(CN2CCC(n3cc(C(C)O)nn3)CC2)c1C. The number of carbonyl (C=O) groups excluding carboxylic acids is 1. The number of nitrogens with zero attached hydrogens (tertiary/aromatic N) is 4. The monoisotopic (exact) mass is 370 g/mol. The summed E-state index contributed by atoms with van der Waals surface area (Å²) >= 11 is 0. The number of piperidine rings is 1. The van der Waals surface area contributed by atoms with Gasteiger partial charge < -0.3 is 5.11 Å². The summed E-state index contributed by atoms with van der Waals surface area (Å²) in [5.41, 5.74) is 6.23. The van der Waals surface area contributed by atoms with E-state index in [4.69, 9.17) is 0 Å². The van der Waals surface area contributed by atoms with E-state index in [0.717, 1.165) is 49.2 Å². The van der Waals surface area contributed by atoms with Crippen LogP contribution in [-0.4, -0.2) is 43.9 Å². The lowest BCUT2D eigenvalue weighted by Crippen LogP contribution is -2.35. The minimum atomic E-state index is -0.582. The second-order valence-electron chi connectivity index (χ2n) is 7.85. The molecule has 1 unspecified atom stereocenters. The lowest BCUT2D eigenvalue weighted by molar-refractivity contribution is 0.101. The molecule has 3 rings (SSSR count). The van der Waals surface area contributed by atoms with Crippen LogP contribution in [0, 0.1) is 20.8 Å². The quantitative estimate of drug-likeness (QED) is 0.818. The molecular weight excluding hydrogens is 340 g/mol. The first-order valence-electron chi connectivity index (χ1n) is 9.70. The first kappa shape index (κ1) is 19.7. The van der Waals surface area contributed by atoms with Crippen molar-refractivity contribution in [2.75, 3.05) is 13.1 Å². The highest BCUT2D eigenvalue weighted by Gasteiger charge is 2.24. The Kier molecular flexibility index (Phi) is 5.77. The van der Waals surface area contributed by atoms with Gasteiger partial charge in [-0.05, 0) is 69.7 Å². The Morgan fingerprint density at radius 1 is 1.26 bits per heavy atom. The van der Waals surface area contributed by atoms with Crippen molar-refractivity contribution in [3.63, 3.8) is 0 Å². The minimum Gasteiger partial charge on any atom is -0.387 e. The van der Waals surface area contributed by atoms with Crippen LogP contribution < -0.4 is 0 Å². The Labute approximate surface area is 161 Å². The smallest absolute Gasteiger partial charge is 0.160 e. The van der Waals surface area contributed by atoms with Crippen LogP contribution in [0.2, 0.25) is 0 Å². The van der Waals surface area contributed by atoms with E-state index in [0.29, 0.717) is 11.7 Å². The van der Waals surface area contributed by atoms with Crippen molar-refractivity contribution >= 4 is 5.78 Å². The number of benzene rings is 1. The molecule has 1 aliphatic heterocycles. The van der Waals surface area contributed by atoms with Crippen molar-refractivity contribution in [3.05, 3.63) is 45.8 Å². The van der Waals surface area contributed by atoms with Crippen molar-refractivity contribution < 1.29 is 9.90 Å². The zero-order chi connectivity index (χ0) is 19.7. The van der Waals surface area contributed by atoms with Gasteiger partial charge in [0.05, 0.1) is 18.3 Å². The fraction of sp³-hybridized carbons (Fsp3) is 0.571. The maximum absolute atomic E-state index is 12.0. The molecule has 2 aromatic rings. The van der Waals surface area contributed by atoms with Crippen molar-refractivity contribution in [1.29, 1.82) is 0 Å². The maximum Gasteiger partial charge on any atom is 0.160 e. The van der Waals surface area contributed by atoms with Gasteiger partial charge in [-0.1, -0.05) is 11.3 Å². The molecule has 0 saturated carbocycles. The number of carbonyl (C=O) groups is 1. The highest BCUT2D eigenvalue weighted by atomic mass is 16.3. The van der Waals surface area contributed by atoms with E-state index >= 15 is 0 Å². The number of Topliss-reactive ketones (excluding diaryl/α,β-unsaturated/α-hetero) is 1. The average molecular weight is 370 g/mol. The summed E-state index contributed by atoms with van der Waals surface area (Å²) in [5.74, 6) is 0.144. The lowest BCUT2D eigenvalue weighted by Gasteiger charge is -2.32. The van der Waals surface area contributed by atoms with Gasteiger partial charge >= 0.3 is 0 Å². The summed E-state index contributed by atoms with van der Waals surface area (Å²) in [6.45, 7) is 12.4. The second kappa shape index (κ2) is 7.90. The Balaban J connectivity index is 1.69. The number of rotatable bonds is 5. The molecule has 6 nitrogen and oxygen atoms in total. The molecule has 0 spiro atoms. The molecule has 146 valence electrons. The number of likely N-dealkylation sites (tertiary alicyclic amines) is 1. The van der Waals surface area contributed by atoms with Crippen LogP contribution in [0.5, 0.6) is 0 Å². The third-order valence-electron chi connectivity index (χ3n) is 5.75. The van der Waals surface area contributed by atoms with Gasteiger partial charge in [0, 0.05) is 25.2 Å².